The van der Waals surface area contributed by atoms with Crippen molar-refractivity contribution in [3.63, 3.8) is 0 Å². The van der Waals surface area contributed by atoms with E-state index in [1.165, 1.54) is 10.8 Å². The molecular formula is C27H32N2O4. The minimum Gasteiger partial charge on any atom is -0.494 e. The summed E-state index contributed by atoms with van der Waals surface area (Å²) in [6.45, 7) is 2.37. The van der Waals surface area contributed by atoms with Gasteiger partial charge in [-0.15, -0.1) is 0 Å². The summed E-state index contributed by atoms with van der Waals surface area (Å²) in [5.41, 5.74) is 2.26. The van der Waals surface area contributed by atoms with Gasteiger partial charge in [0, 0.05) is 34.9 Å². The Bertz CT molecular complexity index is 1160. The number of aromatic amines is 1. The van der Waals surface area contributed by atoms with Crippen molar-refractivity contribution >= 4 is 21.8 Å². The molecule has 1 unspecified atom stereocenters. The van der Waals surface area contributed by atoms with Gasteiger partial charge in [0.2, 0.25) is 0 Å². The van der Waals surface area contributed by atoms with E-state index in [0.717, 1.165) is 47.5 Å². The summed E-state index contributed by atoms with van der Waals surface area (Å²) in [6.07, 6.45) is 2.18. The monoisotopic (exact) mass is 448 g/mol. The van der Waals surface area contributed by atoms with Crippen molar-refractivity contribution in [2.45, 2.75) is 25.4 Å². The highest BCUT2D eigenvalue weighted by molar-refractivity contribution is 6.07. The maximum atomic E-state index is 10.2. The van der Waals surface area contributed by atoms with Crippen LogP contribution in [-0.2, 0) is 0 Å². The number of nitrogens with one attached hydrogen (secondary N) is 2. The first-order valence-corrected chi connectivity index (χ1v) is 11.5. The molecule has 0 aliphatic heterocycles. The van der Waals surface area contributed by atoms with Gasteiger partial charge in [-0.3, -0.25) is 0 Å². The van der Waals surface area contributed by atoms with Gasteiger partial charge >= 0.3 is 0 Å². The first kappa shape index (κ1) is 23.0. The summed E-state index contributed by atoms with van der Waals surface area (Å²) >= 11 is 0. The van der Waals surface area contributed by atoms with Crippen molar-refractivity contribution in [2.75, 3.05) is 33.4 Å². The molecule has 0 aliphatic rings. The number of ether oxygens (including phenoxy) is 3. The van der Waals surface area contributed by atoms with Crippen molar-refractivity contribution in [1.29, 1.82) is 0 Å². The second kappa shape index (κ2) is 11.6. The van der Waals surface area contributed by atoms with E-state index in [9.17, 15) is 5.11 Å². The molecule has 0 spiro atoms. The van der Waals surface area contributed by atoms with Crippen LogP contribution < -0.4 is 19.5 Å². The van der Waals surface area contributed by atoms with E-state index in [2.05, 4.69) is 40.6 Å². The highest BCUT2D eigenvalue weighted by Gasteiger charge is 2.07. The molecule has 0 fully saturated rings. The molecule has 0 amide bonds. The summed E-state index contributed by atoms with van der Waals surface area (Å²) in [5, 5.41) is 15.8. The molecule has 174 valence electrons. The number of aromatic nitrogens is 1. The molecule has 6 nitrogen and oxygen atoms in total. The van der Waals surface area contributed by atoms with Gasteiger partial charge in [0.25, 0.3) is 0 Å². The number of para-hydroxylation sites is 3. The van der Waals surface area contributed by atoms with E-state index in [1.807, 2.05) is 36.4 Å². The highest BCUT2D eigenvalue weighted by atomic mass is 16.5. The van der Waals surface area contributed by atoms with Gasteiger partial charge in [0.1, 0.15) is 12.4 Å². The standard InChI is InChI=1S/C27H32N2O4/c1-31-26-11-4-5-12-27(26)33-17-15-28-19-20(30)8-6-7-16-32-21-13-14-25-23(18-21)22-9-2-3-10-24(22)29-25/h2-5,9-14,18,20,28-30H,6-8,15-17,19H2,1H3. The smallest absolute Gasteiger partial charge is 0.161 e. The Morgan fingerprint density at radius 3 is 2.52 bits per heavy atom. The van der Waals surface area contributed by atoms with Crippen molar-refractivity contribution in [1.82, 2.24) is 10.3 Å². The van der Waals surface area contributed by atoms with E-state index >= 15 is 0 Å². The molecule has 1 atom stereocenters. The lowest BCUT2D eigenvalue weighted by atomic mass is 10.1. The molecule has 1 heterocycles. The second-order valence-corrected chi connectivity index (χ2v) is 8.08. The number of aliphatic hydroxyl groups excluding tert-OH is 1. The fourth-order valence-corrected chi connectivity index (χ4v) is 3.93. The number of hydrogen-bond acceptors (Lipinski definition) is 5. The minimum atomic E-state index is -0.376. The summed E-state index contributed by atoms with van der Waals surface area (Å²) in [5.74, 6) is 2.33. The lowest BCUT2D eigenvalue weighted by molar-refractivity contribution is 0.153. The molecule has 1 aromatic heterocycles. The lowest BCUT2D eigenvalue weighted by Crippen LogP contribution is -2.30. The predicted octanol–water partition coefficient (Wildman–Crippen LogP) is 4.91. The van der Waals surface area contributed by atoms with Gasteiger partial charge < -0.3 is 29.6 Å². The quantitative estimate of drug-likeness (QED) is 0.254. The van der Waals surface area contributed by atoms with Crippen LogP contribution in [0.15, 0.2) is 66.7 Å². The normalized spacial score (nSPS) is 12.2. The number of aliphatic hydroxyl groups is 1. The maximum Gasteiger partial charge on any atom is 0.161 e. The van der Waals surface area contributed by atoms with Gasteiger partial charge in [0.15, 0.2) is 11.5 Å². The van der Waals surface area contributed by atoms with Gasteiger partial charge in [-0.05, 0) is 55.7 Å². The molecule has 0 radical (unpaired) electrons. The fraction of sp³-hybridized carbons (Fsp3) is 0.333. The first-order chi connectivity index (χ1) is 16.2. The molecule has 33 heavy (non-hydrogen) atoms. The summed E-state index contributed by atoms with van der Waals surface area (Å²) in [4.78, 5) is 3.43. The van der Waals surface area contributed by atoms with Crippen LogP contribution in [0.1, 0.15) is 19.3 Å². The van der Waals surface area contributed by atoms with Crippen LogP contribution in [0.2, 0.25) is 0 Å². The molecule has 0 saturated heterocycles. The van der Waals surface area contributed by atoms with Crippen molar-refractivity contribution < 1.29 is 19.3 Å². The SMILES string of the molecule is COc1ccccc1OCCNCC(O)CCCCOc1ccc2[nH]c3ccccc3c2c1. The number of rotatable bonds is 13. The Kier molecular flexibility index (Phi) is 8.06. The van der Waals surface area contributed by atoms with Crippen molar-refractivity contribution in [3.05, 3.63) is 66.7 Å². The van der Waals surface area contributed by atoms with E-state index in [4.69, 9.17) is 14.2 Å². The fourth-order valence-electron chi connectivity index (χ4n) is 3.93. The third kappa shape index (κ3) is 6.18. The van der Waals surface area contributed by atoms with E-state index in [0.29, 0.717) is 26.3 Å². The summed E-state index contributed by atoms with van der Waals surface area (Å²) < 4.78 is 16.9. The van der Waals surface area contributed by atoms with Gasteiger partial charge in [0.05, 0.1) is 19.8 Å². The molecule has 3 aromatic carbocycles. The van der Waals surface area contributed by atoms with Crippen LogP contribution in [-0.4, -0.2) is 49.6 Å². The molecule has 6 heteroatoms. The van der Waals surface area contributed by atoms with Crippen LogP contribution in [0.4, 0.5) is 0 Å². The zero-order chi connectivity index (χ0) is 22.9. The van der Waals surface area contributed by atoms with E-state index in [1.54, 1.807) is 7.11 Å². The van der Waals surface area contributed by atoms with Crippen molar-refractivity contribution in [2.24, 2.45) is 0 Å². The molecule has 0 aliphatic carbocycles. The maximum absolute atomic E-state index is 10.2. The molecular weight excluding hydrogens is 416 g/mol. The summed E-state index contributed by atoms with van der Waals surface area (Å²) in [7, 11) is 1.63. The topological polar surface area (TPSA) is 75.7 Å². The van der Waals surface area contributed by atoms with Crippen LogP contribution in [0, 0.1) is 0 Å². The number of H-pyrrole nitrogens is 1. The lowest BCUT2D eigenvalue weighted by Gasteiger charge is -2.13. The largest absolute Gasteiger partial charge is 0.494 e. The minimum absolute atomic E-state index is 0.376. The molecule has 4 rings (SSSR count). The Morgan fingerprint density at radius 1 is 0.848 bits per heavy atom. The van der Waals surface area contributed by atoms with Gasteiger partial charge in [-0.25, -0.2) is 0 Å². The number of benzene rings is 3. The Labute approximate surface area is 194 Å². The van der Waals surface area contributed by atoms with Crippen LogP contribution in [0.3, 0.4) is 0 Å². The molecule has 4 aromatic rings. The number of fused-ring (bicyclic) bond motifs is 3. The average Bonchev–Trinajstić information content (AvgIpc) is 3.22. The summed E-state index contributed by atoms with van der Waals surface area (Å²) in [6, 6.07) is 22.0. The number of hydrogen-bond donors (Lipinski definition) is 3. The highest BCUT2D eigenvalue weighted by Crippen LogP contribution is 2.28. The average molecular weight is 449 g/mol. The molecule has 0 saturated carbocycles. The third-order valence-electron chi connectivity index (χ3n) is 5.66. The molecule has 0 bridgehead atoms. The number of methoxy groups -OCH3 is 1. The zero-order valence-corrected chi connectivity index (χ0v) is 19.0. The number of unbranched alkanes of at least 4 members (excludes halogenated alkanes) is 1. The van der Waals surface area contributed by atoms with E-state index in [-0.39, 0.29) is 6.10 Å². The Hall–Kier alpha value is -3.22. The predicted molar refractivity (Wildman–Crippen MR) is 133 cm³/mol. The first-order valence-electron chi connectivity index (χ1n) is 11.5. The van der Waals surface area contributed by atoms with Crippen LogP contribution >= 0.6 is 0 Å². The van der Waals surface area contributed by atoms with Crippen molar-refractivity contribution in [3.8, 4) is 17.2 Å². The van der Waals surface area contributed by atoms with Gasteiger partial charge in [-0.2, -0.15) is 0 Å². The molecule has 3 N–H and O–H groups in total. The Morgan fingerprint density at radius 2 is 1.64 bits per heavy atom. The Balaban J connectivity index is 1.10. The third-order valence-corrected chi connectivity index (χ3v) is 5.66. The zero-order valence-electron chi connectivity index (χ0n) is 19.0. The van der Waals surface area contributed by atoms with E-state index < -0.39 is 0 Å². The van der Waals surface area contributed by atoms with Crippen LogP contribution in [0.25, 0.3) is 21.8 Å². The van der Waals surface area contributed by atoms with Gasteiger partial charge in [-0.1, -0.05) is 30.3 Å². The van der Waals surface area contributed by atoms with Crippen LogP contribution in [0.5, 0.6) is 17.2 Å². The second-order valence-electron chi connectivity index (χ2n) is 8.08.